The van der Waals surface area contributed by atoms with Gasteiger partial charge in [0.25, 0.3) is 5.91 Å². The number of halogens is 1. The topological polar surface area (TPSA) is 89.3 Å². The average Bonchev–Trinajstić information content (AvgIpc) is 3.53. The zero-order chi connectivity index (χ0) is 24.0. The van der Waals surface area contributed by atoms with Crippen LogP contribution in [-0.2, 0) is 17.8 Å². The SMILES string of the molecule is O=C(Nc1cccc(F)c1)c1coc(CN(CCN2CCOCC2)Cc2ccc3c(c2)OCO3)n1. The van der Waals surface area contributed by atoms with Crippen LogP contribution in [0.5, 0.6) is 11.5 Å². The van der Waals surface area contributed by atoms with Gasteiger partial charge in [0, 0.05) is 38.4 Å². The van der Waals surface area contributed by atoms with Gasteiger partial charge < -0.3 is 23.9 Å². The smallest absolute Gasteiger partial charge is 0.277 e. The van der Waals surface area contributed by atoms with Crippen molar-refractivity contribution in [1.29, 1.82) is 0 Å². The molecule has 35 heavy (non-hydrogen) atoms. The molecule has 0 aliphatic carbocycles. The Morgan fingerprint density at radius 3 is 2.80 bits per heavy atom. The summed E-state index contributed by atoms with van der Waals surface area (Å²) in [7, 11) is 0. The Morgan fingerprint density at radius 1 is 1.09 bits per heavy atom. The van der Waals surface area contributed by atoms with Crippen molar-refractivity contribution in [3.05, 3.63) is 71.7 Å². The van der Waals surface area contributed by atoms with Crippen LogP contribution < -0.4 is 14.8 Å². The minimum Gasteiger partial charge on any atom is -0.454 e. The molecular formula is C25H27FN4O5. The van der Waals surface area contributed by atoms with Crippen molar-refractivity contribution in [3.63, 3.8) is 0 Å². The fourth-order valence-corrected chi connectivity index (χ4v) is 4.06. The van der Waals surface area contributed by atoms with Gasteiger partial charge >= 0.3 is 0 Å². The number of hydrogen-bond acceptors (Lipinski definition) is 8. The molecule has 3 heterocycles. The van der Waals surface area contributed by atoms with Gasteiger partial charge in [-0.15, -0.1) is 0 Å². The van der Waals surface area contributed by atoms with E-state index in [0.717, 1.165) is 56.5 Å². The summed E-state index contributed by atoms with van der Waals surface area (Å²) in [6.45, 7) is 6.25. The fourth-order valence-electron chi connectivity index (χ4n) is 4.06. The molecule has 0 atom stereocenters. The van der Waals surface area contributed by atoms with Crippen LogP contribution in [0.3, 0.4) is 0 Å². The molecule has 0 saturated carbocycles. The number of nitrogens with one attached hydrogen (secondary N) is 1. The number of carbonyl (C=O) groups excluding carboxylic acids is 1. The molecule has 0 unspecified atom stereocenters. The maximum Gasteiger partial charge on any atom is 0.277 e. The summed E-state index contributed by atoms with van der Waals surface area (Å²) < 4.78 is 35.4. The van der Waals surface area contributed by atoms with Crippen LogP contribution in [0.4, 0.5) is 10.1 Å². The summed E-state index contributed by atoms with van der Waals surface area (Å²) >= 11 is 0. The molecule has 1 amide bonds. The summed E-state index contributed by atoms with van der Waals surface area (Å²) in [5.41, 5.74) is 1.57. The van der Waals surface area contributed by atoms with Gasteiger partial charge in [-0.1, -0.05) is 12.1 Å². The second kappa shape index (κ2) is 10.9. The maximum absolute atomic E-state index is 13.4. The van der Waals surface area contributed by atoms with Gasteiger partial charge in [-0.3, -0.25) is 14.6 Å². The van der Waals surface area contributed by atoms with Crippen molar-refractivity contribution in [1.82, 2.24) is 14.8 Å². The zero-order valence-electron chi connectivity index (χ0n) is 19.2. The Kier molecular flexibility index (Phi) is 7.22. The van der Waals surface area contributed by atoms with E-state index in [1.54, 1.807) is 6.07 Å². The van der Waals surface area contributed by atoms with Crippen molar-refractivity contribution in [2.45, 2.75) is 13.1 Å². The van der Waals surface area contributed by atoms with Crippen molar-refractivity contribution >= 4 is 11.6 Å². The monoisotopic (exact) mass is 482 g/mol. The molecular weight excluding hydrogens is 455 g/mol. The molecule has 3 aromatic rings. The first-order chi connectivity index (χ1) is 17.1. The second-order valence-electron chi connectivity index (χ2n) is 8.44. The highest BCUT2D eigenvalue weighted by Crippen LogP contribution is 2.33. The first kappa shape index (κ1) is 23.3. The van der Waals surface area contributed by atoms with Gasteiger partial charge in [-0.2, -0.15) is 0 Å². The molecule has 184 valence electrons. The van der Waals surface area contributed by atoms with Crippen LogP contribution in [-0.4, -0.2) is 66.9 Å². The lowest BCUT2D eigenvalue weighted by molar-refractivity contribution is 0.0320. The summed E-state index contributed by atoms with van der Waals surface area (Å²) in [6.07, 6.45) is 1.32. The van der Waals surface area contributed by atoms with E-state index in [4.69, 9.17) is 18.6 Å². The predicted octanol–water partition coefficient (Wildman–Crippen LogP) is 3.13. The molecule has 1 fully saturated rings. The number of carbonyl (C=O) groups is 1. The molecule has 2 aliphatic rings. The van der Waals surface area contributed by atoms with E-state index in [1.165, 1.54) is 24.5 Å². The van der Waals surface area contributed by atoms with Gasteiger partial charge in [0.15, 0.2) is 17.2 Å². The Bertz CT molecular complexity index is 1160. The quantitative estimate of drug-likeness (QED) is 0.498. The van der Waals surface area contributed by atoms with Gasteiger partial charge in [-0.25, -0.2) is 9.37 Å². The largest absolute Gasteiger partial charge is 0.454 e. The van der Waals surface area contributed by atoms with Crippen LogP contribution in [0.1, 0.15) is 21.9 Å². The number of nitrogens with zero attached hydrogens (tertiary/aromatic N) is 3. The highest BCUT2D eigenvalue weighted by Gasteiger charge is 2.19. The number of ether oxygens (including phenoxy) is 3. The van der Waals surface area contributed by atoms with Gasteiger partial charge in [0.05, 0.1) is 19.8 Å². The van der Waals surface area contributed by atoms with Crippen LogP contribution in [0, 0.1) is 5.82 Å². The van der Waals surface area contributed by atoms with Crippen molar-refractivity contribution in [2.24, 2.45) is 0 Å². The number of hydrogen-bond donors (Lipinski definition) is 1. The number of oxazole rings is 1. The molecule has 0 spiro atoms. The predicted molar refractivity (Wildman–Crippen MR) is 125 cm³/mol. The lowest BCUT2D eigenvalue weighted by atomic mass is 10.2. The number of benzene rings is 2. The fraction of sp³-hybridized carbons (Fsp3) is 0.360. The first-order valence-electron chi connectivity index (χ1n) is 11.5. The number of rotatable bonds is 9. The molecule has 1 N–H and O–H groups in total. The average molecular weight is 483 g/mol. The number of morpholine rings is 1. The van der Waals surface area contributed by atoms with Gasteiger partial charge in [0.2, 0.25) is 12.7 Å². The first-order valence-corrected chi connectivity index (χ1v) is 11.5. The van der Waals surface area contributed by atoms with E-state index in [0.29, 0.717) is 24.7 Å². The summed E-state index contributed by atoms with van der Waals surface area (Å²) in [4.78, 5) is 21.5. The summed E-state index contributed by atoms with van der Waals surface area (Å²) in [6, 6.07) is 11.6. The van der Waals surface area contributed by atoms with Crippen LogP contribution >= 0.6 is 0 Å². The van der Waals surface area contributed by atoms with E-state index < -0.39 is 11.7 Å². The highest BCUT2D eigenvalue weighted by molar-refractivity contribution is 6.02. The Labute approximate surface area is 202 Å². The number of fused-ring (bicyclic) bond motifs is 1. The van der Waals surface area contributed by atoms with Crippen LogP contribution in [0.25, 0.3) is 0 Å². The second-order valence-corrected chi connectivity index (χ2v) is 8.44. The Hall–Kier alpha value is -3.47. The van der Waals surface area contributed by atoms with E-state index in [-0.39, 0.29) is 12.5 Å². The standard InChI is InChI=1S/C25H27FN4O5/c26-19-2-1-3-20(13-19)27-25(31)21-16-33-24(28-21)15-30(7-6-29-8-10-32-11-9-29)14-18-4-5-22-23(12-18)35-17-34-22/h1-5,12-13,16H,6-11,14-15,17H2,(H,27,31). The lowest BCUT2D eigenvalue weighted by Gasteiger charge is -2.29. The lowest BCUT2D eigenvalue weighted by Crippen LogP contribution is -2.41. The third-order valence-electron chi connectivity index (χ3n) is 5.91. The van der Waals surface area contributed by atoms with E-state index in [1.807, 2.05) is 18.2 Å². The minimum atomic E-state index is -0.457. The molecule has 10 heteroatoms. The molecule has 1 aromatic heterocycles. The summed E-state index contributed by atoms with van der Waals surface area (Å²) in [5, 5.41) is 2.64. The number of amides is 1. The van der Waals surface area contributed by atoms with Crippen molar-refractivity contribution < 1.29 is 27.8 Å². The third kappa shape index (κ3) is 6.16. The Morgan fingerprint density at radius 2 is 1.94 bits per heavy atom. The van der Waals surface area contributed by atoms with E-state index in [9.17, 15) is 9.18 Å². The molecule has 2 aliphatic heterocycles. The molecule has 0 radical (unpaired) electrons. The number of aromatic nitrogens is 1. The van der Waals surface area contributed by atoms with Crippen LogP contribution in [0.15, 0.2) is 53.1 Å². The molecule has 9 nitrogen and oxygen atoms in total. The zero-order valence-corrected chi connectivity index (χ0v) is 19.2. The molecule has 5 rings (SSSR count). The highest BCUT2D eigenvalue weighted by atomic mass is 19.1. The van der Waals surface area contributed by atoms with Crippen molar-refractivity contribution in [3.8, 4) is 11.5 Å². The molecule has 1 saturated heterocycles. The van der Waals surface area contributed by atoms with Crippen LogP contribution in [0.2, 0.25) is 0 Å². The normalized spacial score (nSPS) is 15.5. The van der Waals surface area contributed by atoms with Gasteiger partial charge in [0.1, 0.15) is 12.1 Å². The van der Waals surface area contributed by atoms with E-state index in [2.05, 4.69) is 20.1 Å². The minimum absolute atomic E-state index is 0.139. The van der Waals surface area contributed by atoms with Crippen molar-refractivity contribution in [2.75, 3.05) is 51.5 Å². The molecule has 2 aromatic carbocycles. The Balaban J connectivity index is 1.25. The maximum atomic E-state index is 13.4. The summed E-state index contributed by atoms with van der Waals surface area (Å²) in [5.74, 6) is 1.03. The van der Waals surface area contributed by atoms with E-state index >= 15 is 0 Å². The van der Waals surface area contributed by atoms with Gasteiger partial charge in [-0.05, 0) is 35.9 Å². The third-order valence-corrected chi connectivity index (χ3v) is 5.91. The number of anilines is 1. The molecule has 0 bridgehead atoms.